The highest BCUT2D eigenvalue weighted by molar-refractivity contribution is 7.99. The molecule has 0 spiro atoms. The monoisotopic (exact) mass is 480 g/mol. The Bertz CT molecular complexity index is 1090. The highest BCUT2D eigenvalue weighted by Gasteiger charge is 2.50. The van der Waals surface area contributed by atoms with Crippen LogP contribution in [0.2, 0.25) is 0 Å². The van der Waals surface area contributed by atoms with Gasteiger partial charge < -0.3 is 20.1 Å². The maximum Gasteiger partial charge on any atom is 0.407 e. The number of rotatable bonds is 5. The summed E-state index contributed by atoms with van der Waals surface area (Å²) in [4.78, 5) is 39.2. The van der Waals surface area contributed by atoms with Gasteiger partial charge in [-0.2, -0.15) is 0 Å². The molecule has 3 aliphatic rings. The largest absolute Gasteiger partial charge is 0.480 e. The summed E-state index contributed by atoms with van der Waals surface area (Å²) in [5, 5.41) is 12.4. The molecule has 2 aliphatic carbocycles. The molecule has 5 rings (SSSR count). The molecule has 2 unspecified atom stereocenters. The minimum atomic E-state index is -0.985. The van der Waals surface area contributed by atoms with Crippen molar-refractivity contribution < 1.29 is 24.2 Å². The third kappa shape index (κ3) is 3.83. The molecule has 0 bridgehead atoms. The number of benzene rings is 2. The van der Waals surface area contributed by atoms with Crippen LogP contribution in [0.25, 0.3) is 11.1 Å². The van der Waals surface area contributed by atoms with Gasteiger partial charge in [-0.05, 0) is 42.0 Å². The number of thioether (sulfide) groups is 1. The van der Waals surface area contributed by atoms with E-state index in [1.54, 1.807) is 0 Å². The topological polar surface area (TPSA) is 95.9 Å². The molecule has 7 nitrogen and oxygen atoms in total. The maximum absolute atomic E-state index is 13.4. The Labute approximate surface area is 202 Å². The van der Waals surface area contributed by atoms with Gasteiger partial charge in [-0.25, -0.2) is 9.59 Å². The van der Waals surface area contributed by atoms with Crippen LogP contribution in [0.15, 0.2) is 48.5 Å². The molecule has 2 fully saturated rings. The summed E-state index contributed by atoms with van der Waals surface area (Å²) in [6, 6.07) is 15.1. The quantitative estimate of drug-likeness (QED) is 0.670. The first-order chi connectivity index (χ1) is 16.4. The van der Waals surface area contributed by atoms with E-state index >= 15 is 0 Å². The van der Waals surface area contributed by atoms with Crippen molar-refractivity contribution in [3.8, 4) is 11.1 Å². The second kappa shape index (κ2) is 8.98. The number of carbonyl (C=O) groups is 3. The first kappa shape index (κ1) is 22.8. The van der Waals surface area contributed by atoms with Crippen molar-refractivity contribution in [2.45, 2.75) is 44.2 Å². The molecule has 8 heteroatoms. The van der Waals surface area contributed by atoms with E-state index in [9.17, 15) is 19.5 Å². The Balaban J connectivity index is 1.26. The normalized spacial score (nSPS) is 25.6. The van der Waals surface area contributed by atoms with Crippen LogP contribution in [-0.4, -0.2) is 58.3 Å². The molecular formula is C26H28N2O5S. The lowest BCUT2D eigenvalue weighted by Gasteiger charge is -2.35. The first-order valence-corrected chi connectivity index (χ1v) is 12.8. The SMILES string of the molecule is CC1(C(=O)N2CSC[C@H]2C(=O)O)CCCC1NC(=O)OCC1c2ccccc2-c2ccccc21. The minimum Gasteiger partial charge on any atom is -0.480 e. The Morgan fingerprint density at radius 2 is 1.76 bits per heavy atom. The molecule has 2 aromatic carbocycles. The predicted molar refractivity (Wildman–Crippen MR) is 130 cm³/mol. The molecule has 0 radical (unpaired) electrons. The van der Waals surface area contributed by atoms with Crippen LogP contribution in [0.1, 0.15) is 43.2 Å². The second-order valence-corrected chi connectivity index (χ2v) is 10.5. The lowest BCUT2D eigenvalue weighted by Crippen LogP contribution is -2.54. The number of alkyl carbamates (subject to hydrolysis) is 1. The van der Waals surface area contributed by atoms with Gasteiger partial charge in [-0.3, -0.25) is 4.79 Å². The van der Waals surface area contributed by atoms with Crippen LogP contribution in [0.4, 0.5) is 4.79 Å². The van der Waals surface area contributed by atoms with Gasteiger partial charge in [0.15, 0.2) is 0 Å². The van der Waals surface area contributed by atoms with Crippen LogP contribution in [0.3, 0.4) is 0 Å². The van der Waals surface area contributed by atoms with E-state index in [0.717, 1.165) is 28.7 Å². The molecular weight excluding hydrogens is 452 g/mol. The van der Waals surface area contributed by atoms with Gasteiger partial charge in [0.2, 0.25) is 5.91 Å². The van der Waals surface area contributed by atoms with E-state index in [-0.39, 0.29) is 18.4 Å². The van der Waals surface area contributed by atoms with Crippen molar-refractivity contribution in [1.29, 1.82) is 0 Å². The van der Waals surface area contributed by atoms with Gasteiger partial charge in [0.25, 0.3) is 0 Å². The zero-order chi connectivity index (χ0) is 23.9. The van der Waals surface area contributed by atoms with E-state index in [1.807, 2.05) is 31.2 Å². The summed E-state index contributed by atoms with van der Waals surface area (Å²) < 4.78 is 5.69. The summed E-state index contributed by atoms with van der Waals surface area (Å²) in [5.74, 6) is -0.468. The molecule has 34 heavy (non-hydrogen) atoms. The molecule has 2 amide bonds. The highest BCUT2D eigenvalue weighted by Crippen LogP contribution is 2.45. The fourth-order valence-corrected chi connectivity index (χ4v) is 6.76. The third-order valence-corrected chi connectivity index (χ3v) is 8.52. The van der Waals surface area contributed by atoms with Crippen molar-refractivity contribution in [3.63, 3.8) is 0 Å². The maximum atomic E-state index is 13.4. The number of fused-ring (bicyclic) bond motifs is 3. The number of ether oxygens (including phenoxy) is 1. The number of nitrogens with zero attached hydrogens (tertiary/aromatic N) is 1. The summed E-state index contributed by atoms with van der Waals surface area (Å²) in [5.41, 5.74) is 3.77. The Morgan fingerprint density at radius 1 is 1.12 bits per heavy atom. The van der Waals surface area contributed by atoms with Crippen molar-refractivity contribution in [3.05, 3.63) is 59.7 Å². The van der Waals surface area contributed by atoms with Gasteiger partial charge in [-0.1, -0.05) is 55.0 Å². The summed E-state index contributed by atoms with van der Waals surface area (Å²) in [7, 11) is 0. The fourth-order valence-electron chi connectivity index (χ4n) is 5.61. The van der Waals surface area contributed by atoms with Crippen molar-refractivity contribution in [2.75, 3.05) is 18.2 Å². The molecule has 3 atom stereocenters. The zero-order valence-electron chi connectivity index (χ0n) is 19.0. The van der Waals surface area contributed by atoms with Crippen LogP contribution in [-0.2, 0) is 14.3 Å². The average molecular weight is 481 g/mol. The van der Waals surface area contributed by atoms with Crippen LogP contribution >= 0.6 is 11.8 Å². The van der Waals surface area contributed by atoms with E-state index in [0.29, 0.717) is 24.5 Å². The summed E-state index contributed by atoms with van der Waals surface area (Å²) in [6.07, 6.45) is 1.51. The van der Waals surface area contributed by atoms with Crippen molar-refractivity contribution in [1.82, 2.24) is 10.2 Å². The number of carboxylic acids is 1. The van der Waals surface area contributed by atoms with Gasteiger partial charge in [0.1, 0.15) is 12.6 Å². The lowest BCUT2D eigenvalue weighted by molar-refractivity contribution is -0.152. The molecule has 178 valence electrons. The molecule has 2 aromatic rings. The summed E-state index contributed by atoms with van der Waals surface area (Å²) >= 11 is 1.44. The Kier molecular flexibility index (Phi) is 6.02. The van der Waals surface area contributed by atoms with Gasteiger partial charge in [0.05, 0.1) is 11.3 Å². The van der Waals surface area contributed by atoms with E-state index < -0.39 is 29.6 Å². The predicted octanol–water partition coefficient (Wildman–Crippen LogP) is 4.07. The van der Waals surface area contributed by atoms with Crippen LogP contribution < -0.4 is 5.32 Å². The fraction of sp³-hybridized carbons (Fsp3) is 0.423. The summed E-state index contributed by atoms with van der Waals surface area (Å²) in [6.45, 7) is 2.04. The Morgan fingerprint density at radius 3 is 2.41 bits per heavy atom. The first-order valence-electron chi connectivity index (χ1n) is 11.6. The number of hydrogen-bond acceptors (Lipinski definition) is 5. The van der Waals surface area contributed by atoms with E-state index in [2.05, 4.69) is 29.6 Å². The lowest BCUT2D eigenvalue weighted by atomic mass is 9.83. The van der Waals surface area contributed by atoms with E-state index in [1.165, 1.54) is 16.7 Å². The second-order valence-electron chi connectivity index (χ2n) is 9.46. The van der Waals surface area contributed by atoms with E-state index in [4.69, 9.17) is 4.74 Å². The van der Waals surface area contributed by atoms with Crippen LogP contribution in [0, 0.1) is 5.41 Å². The van der Waals surface area contributed by atoms with Crippen molar-refractivity contribution in [2.24, 2.45) is 5.41 Å². The molecule has 1 aliphatic heterocycles. The van der Waals surface area contributed by atoms with Crippen LogP contribution in [0.5, 0.6) is 0 Å². The number of amides is 2. The number of carboxylic acid groups (broad SMARTS) is 1. The molecule has 1 heterocycles. The molecule has 1 saturated carbocycles. The third-order valence-electron chi connectivity index (χ3n) is 7.51. The number of nitrogens with one attached hydrogen (secondary N) is 1. The molecule has 2 N–H and O–H groups in total. The number of carbonyl (C=O) groups excluding carboxylic acids is 2. The minimum absolute atomic E-state index is 0.0345. The standard InChI is InChI=1S/C26H28N2O5S/c1-26(24(31)28-15-34-14-21(28)23(29)30)12-6-11-22(26)27-25(32)33-13-20-18-9-4-2-7-16(18)17-8-3-5-10-19(17)20/h2-5,7-10,20-22H,6,11-15H2,1H3,(H,27,32)(H,29,30)/t21-,22?,26?/m0/s1. The smallest absolute Gasteiger partial charge is 0.407 e. The average Bonchev–Trinajstić information content (AvgIpc) is 3.54. The molecule has 0 aromatic heterocycles. The Hall–Kier alpha value is -3.00. The molecule has 1 saturated heterocycles. The number of aliphatic carboxylic acids is 1. The zero-order valence-corrected chi connectivity index (χ0v) is 19.8. The van der Waals surface area contributed by atoms with Gasteiger partial charge in [-0.15, -0.1) is 11.8 Å². The van der Waals surface area contributed by atoms with Gasteiger partial charge >= 0.3 is 12.1 Å². The van der Waals surface area contributed by atoms with Crippen molar-refractivity contribution >= 4 is 29.7 Å². The highest BCUT2D eigenvalue weighted by atomic mass is 32.2. The van der Waals surface area contributed by atoms with Gasteiger partial charge in [0, 0.05) is 17.7 Å². The number of hydrogen-bond donors (Lipinski definition) is 2.